The van der Waals surface area contributed by atoms with E-state index in [1.807, 2.05) is 5.51 Å². The summed E-state index contributed by atoms with van der Waals surface area (Å²) in [5, 5.41) is 6.90. The van der Waals surface area contributed by atoms with Gasteiger partial charge in [-0.3, -0.25) is 0 Å². The van der Waals surface area contributed by atoms with E-state index in [9.17, 15) is 0 Å². The molecule has 1 aliphatic rings. The normalized spacial score (nSPS) is 13.4. The van der Waals surface area contributed by atoms with E-state index in [1.165, 1.54) is 21.7 Å². The zero-order valence-electron chi connectivity index (χ0n) is 10.5. The number of fused-ring (bicyclic) bond motifs is 1. The van der Waals surface area contributed by atoms with Gasteiger partial charge in [0.15, 0.2) is 0 Å². The Morgan fingerprint density at radius 3 is 3.17 bits per heavy atom. The monoisotopic (exact) mass is 259 g/mol. The van der Waals surface area contributed by atoms with Crippen LogP contribution >= 0.6 is 11.3 Å². The highest BCUT2D eigenvalue weighted by Crippen LogP contribution is 2.23. The molecule has 0 radical (unpaired) electrons. The van der Waals surface area contributed by atoms with Gasteiger partial charge in [0.25, 0.3) is 0 Å². The number of benzene rings is 1. The van der Waals surface area contributed by atoms with Gasteiger partial charge in [-0.1, -0.05) is 12.1 Å². The molecule has 0 unspecified atom stereocenters. The summed E-state index contributed by atoms with van der Waals surface area (Å²) in [6, 6.07) is 6.72. The van der Waals surface area contributed by atoms with Crippen molar-refractivity contribution in [1.29, 1.82) is 0 Å². The molecule has 1 aromatic heterocycles. The molecule has 4 heteroatoms. The number of aromatic nitrogens is 1. The van der Waals surface area contributed by atoms with Crippen LogP contribution in [0.4, 0.5) is 5.69 Å². The minimum Gasteiger partial charge on any atom is -0.384 e. The van der Waals surface area contributed by atoms with Crippen molar-refractivity contribution in [2.75, 3.05) is 11.9 Å². The van der Waals surface area contributed by atoms with Crippen LogP contribution in [-0.2, 0) is 19.5 Å². The van der Waals surface area contributed by atoms with E-state index in [0.29, 0.717) is 0 Å². The fraction of sp³-hybridized carbons (Fsp3) is 0.357. The Bertz CT molecular complexity index is 548. The minimum absolute atomic E-state index is 0.904. The Balaban J connectivity index is 1.59. The average Bonchev–Trinajstić information content (AvgIpc) is 2.98. The van der Waals surface area contributed by atoms with E-state index in [1.54, 1.807) is 11.3 Å². The molecule has 0 saturated carbocycles. The number of anilines is 1. The smallest absolute Gasteiger partial charge is 0.0798 e. The molecule has 0 spiro atoms. The van der Waals surface area contributed by atoms with Gasteiger partial charge in [-0.25, -0.2) is 4.98 Å². The summed E-state index contributed by atoms with van der Waals surface area (Å²) in [6.07, 6.45) is 1.16. The Kier molecular flexibility index (Phi) is 3.30. The van der Waals surface area contributed by atoms with Crippen LogP contribution in [0.2, 0.25) is 0 Å². The average molecular weight is 259 g/mol. The second-order valence-electron chi connectivity index (χ2n) is 4.63. The lowest BCUT2D eigenvalue weighted by Gasteiger charge is -2.06. The standard InChI is InChI=1S/C14H17N3S/c1-10-14(18-9-17-10)8-15-7-11-2-3-12-4-5-16-13(12)6-11/h2-3,6,9,15-16H,4-5,7-8H2,1H3. The molecule has 0 fully saturated rings. The summed E-state index contributed by atoms with van der Waals surface area (Å²) in [5.74, 6) is 0. The van der Waals surface area contributed by atoms with Crippen molar-refractivity contribution in [1.82, 2.24) is 10.3 Å². The molecule has 2 aromatic rings. The van der Waals surface area contributed by atoms with E-state index >= 15 is 0 Å². The van der Waals surface area contributed by atoms with Crippen LogP contribution in [-0.4, -0.2) is 11.5 Å². The van der Waals surface area contributed by atoms with Gasteiger partial charge in [-0.15, -0.1) is 11.3 Å². The van der Waals surface area contributed by atoms with Crippen molar-refractivity contribution in [3.63, 3.8) is 0 Å². The highest BCUT2D eigenvalue weighted by atomic mass is 32.1. The first-order chi connectivity index (χ1) is 8.83. The number of nitrogens with one attached hydrogen (secondary N) is 2. The molecule has 0 aliphatic carbocycles. The fourth-order valence-corrected chi connectivity index (χ4v) is 3.01. The van der Waals surface area contributed by atoms with Crippen LogP contribution in [0.5, 0.6) is 0 Å². The Morgan fingerprint density at radius 1 is 1.39 bits per heavy atom. The molecule has 2 N–H and O–H groups in total. The maximum Gasteiger partial charge on any atom is 0.0798 e. The van der Waals surface area contributed by atoms with E-state index < -0.39 is 0 Å². The number of aryl methyl sites for hydroxylation is 1. The lowest BCUT2D eigenvalue weighted by Crippen LogP contribution is -2.12. The van der Waals surface area contributed by atoms with Gasteiger partial charge in [0, 0.05) is 30.2 Å². The van der Waals surface area contributed by atoms with Crippen molar-refractivity contribution < 1.29 is 0 Å². The summed E-state index contributed by atoms with van der Waals surface area (Å²) in [5.41, 5.74) is 7.14. The Labute approximate surface area is 111 Å². The molecule has 0 amide bonds. The van der Waals surface area contributed by atoms with Gasteiger partial charge in [0.05, 0.1) is 11.2 Å². The zero-order chi connectivity index (χ0) is 12.4. The van der Waals surface area contributed by atoms with Gasteiger partial charge in [-0.2, -0.15) is 0 Å². The van der Waals surface area contributed by atoms with Crippen molar-refractivity contribution in [3.05, 3.63) is 45.4 Å². The molecule has 1 aliphatic heterocycles. The summed E-state index contributed by atoms with van der Waals surface area (Å²) in [7, 11) is 0. The molecule has 18 heavy (non-hydrogen) atoms. The van der Waals surface area contributed by atoms with E-state index in [0.717, 1.165) is 31.7 Å². The van der Waals surface area contributed by atoms with Crippen molar-refractivity contribution in [3.8, 4) is 0 Å². The molecule has 94 valence electrons. The molecule has 3 nitrogen and oxygen atoms in total. The van der Waals surface area contributed by atoms with Crippen LogP contribution in [0.15, 0.2) is 23.7 Å². The van der Waals surface area contributed by atoms with Crippen LogP contribution in [0.25, 0.3) is 0 Å². The molecule has 0 saturated heterocycles. The predicted octanol–water partition coefficient (Wildman–Crippen LogP) is 2.71. The summed E-state index contributed by atoms with van der Waals surface area (Å²) in [4.78, 5) is 5.59. The van der Waals surface area contributed by atoms with Crippen LogP contribution in [0.1, 0.15) is 21.7 Å². The topological polar surface area (TPSA) is 37.0 Å². The second kappa shape index (κ2) is 5.08. The summed E-state index contributed by atoms with van der Waals surface area (Å²) < 4.78 is 0. The quantitative estimate of drug-likeness (QED) is 0.886. The summed E-state index contributed by atoms with van der Waals surface area (Å²) in [6.45, 7) is 4.95. The van der Waals surface area contributed by atoms with Gasteiger partial charge in [0.2, 0.25) is 0 Å². The molecular formula is C14H17N3S. The Morgan fingerprint density at radius 2 is 2.33 bits per heavy atom. The number of thiazole rings is 1. The largest absolute Gasteiger partial charge is 0.384 e. The second-order valence-corrected chi connectivity index (χ2v) is 5.57. The third kappa shape index (κ3) is 2.40. The third-order valence-corrected chi connectivity index (χ3v) is 4.28. The highest BCUT2D eigenvalue weighted by Gasteiger charge is 2.09. The number of hydrogen-bond donors (Lipinski definition) is 2. The zero-order valence-corrected chi connectivity index (χ0v) is 11.3. The summed E-state index contributed by atoms with van der Waals surface area (Å²) >= 11 is 1.72. The predicted molar refractivity (Wildman–Crippen MR) is 76.0 cm³/mol. The van der Waals surface area contributed by atoms with Gasteiger partial charge < -0.3 is 10.6 Å². The lowest BCUT2D eigenvalue weighted by atomic mass is 10.1. The molecule has 1 aromatic carbocycles. The first kappa shape index (κ1) is 11.7. The number of nitrogens with zero attached hydrogens (tertiary/aromatic N) is 1. The lowest BCUT2D eigenvalue weighted by molar-refractivity contribution is 0.697. The maximum absolute atomic E-state index is 4.26. The molecule has 3 rings (SSSR count). The Hall–Kier alpha value is -1.39. The minimum atomic E-state index is 0.904. The third-order valence-electron chi connectivity index (χ3n) is 3.34. The van der Waals surface area contributed by atoms with Crippen LogP contribution in [0, 0.1) is 6.92 Å². The molecule has 0 atom stereocenters. The van der Waals surface area contributed by atoms with E-state index in [2.05, 4.69) is 40.7 Å². The molecule has 2 heterocycles. The maximum atomic E-state index is 4.26. The van der Waals surface area contributed by atoms with Crippen molar-refractivity contribution >= 4 is 17.0 Å². The van der Waals surface area contributed by atoms with Crippen molar-refractivity contribution in [2.45, 2.75) is 26.4 Å². The fourth-order valence-electron chi connectivity index (χ4n) is 2.26. The van der Waals surface area contributed by atoms with Gasteiger partial charge in [0.1, 0.15) is 0 Å². The van der Waals surface area contributed by atoms with E-state index in [-0.39, 0.29) is 0 Å². The number of hydrogen-bond acceptors (Lipinski definition) is 4. The van der Waals surface area contributed by atoms with E-state index in [4.69, 9.17) is 0 Å². The molecular weight excluding hydrogens is 242 g/mol. The van der Waals surface area contributed by atoms with Gasteiger partial charge in [-0.05, 0) is 30.5 Å². The first-order valence-corrected chi connectivity index (χ1v) is 7.16. The molecule has 0 bridgehead atoms. The van der Waals surface area contributed by atoms with Crippen molar-refractivity contribution in [2.24, 2.45) is 0 Å². The SMILES string of the molecule is Cc1ncsc1CNCc1ccc2c(c1)NCC2. The van der Waals surface area contributed by atoms with Crippen LogP contribution in [0.3, 0.4) is 0 Å². The van der Waals surface area contributed by atoms with Crippen LogP contribution < -0.4 is 10.6 Å². The number of rotatable bonds is 4. The highest BCUT2D eigenvalue weighted by molar-refractivity contribution is 7.09. The first-order valence-electron chi connectivity index (χ1n) is 6.28. The van der Waals surface area contributed by atoms with Gasteiger partial charge >= 0.3 is 0 Å².